The number of benzene rings is 2. The van der Waals surface area contributed by atoms with Crippen LogP contribution in [0.25, 0.3) is 11.1 Å². The maximum absolute atomic E-state index is 13.7. The number of hydrogen-bond acceptors (Lipinski definition) is 2. The number of aryl methyl sites for hydroxylation is 1. The van der Waals surface area contributed by atoms with E-state index in [4.69, 9.17) is 0 Å². The zero-order valence-electron chi connectivity index (χ0n) is 9.48. The summed E-state index contributed by atoms with van der Waals surface area (Å²) < 4.78 is 26.5. The lowest BCUT2D eigenvalue weighted by atomic mass is 9.98. The van der Waals surface area contributed by atoms with Gasteiger partial charge >= 0.3 is 0 Å². The Morgan fingerprint density at radius 3 is 2.50 bits per heavy atom. The fraction of sp³-hybridized carbons (Fsp3) is 0.0769. The third-order valence-corrected chi connectivity index (χ3v) is 2.65. The molecule has 0 aliphatic carbocycles. The molecular formula is C13H9F2NO2. The van der Waals surface area contributed by atoms with E-state index in [1.54, 1.807) is 13.0 Å². The van der Waals surface area contributed by atoms with Crippen LogP contribution >= 0.6 is 0 Å². The normalized spacial score (nSPS) is 10.4. The molecule has 0 aromatic heterocycles. The lowest BCUT2D eigenvalue weighted by molar-refractivity contribution is -0.384. The van der Waals surface area contributed by atoms with Crippen molar-refractivity contribution >= 4 is 5.69 Å². The summed E-state index contributed by atoms with van der Waals surface area (Å²) >= 11 is 0. The molecule has 3 nitrogen and oxygen atoms in total. The summed E-state index contributed by atoms with van der Waals surface area (Å²) in [5.41, 5.74) is 0.580. The highest BCUT2D eigenvalue weighted by molar-refractivity contribution is 5.77. The second kappa shape index (κ2) is 4.52. The van der Waals surface area contributed by atoms with Crippen LogP contribution in [0.5, 0.6) is 0 Å². The highest BCUT2D eigenvalue weighted by Gasteiger charge is 2.20. The van der Waals surface area contributed by atoms with Crippen molar-refractivity contribution in [3.8, 4) is 11.1 Å². The van der Waals surface area contributed by atoms with Gasteiger partial charge in [0.2, 0.25) is 0 Å². The molecule has 0 N–H and O–H groups in total. The van der Waals surface area contributed by atoms with Crippen molar-refractivity contribution in [3.05, 3.63) is 63.7 Å². The van der Waals surface area contributed by atoms with Gasteiger partial charge in [-0.15, -0.1) is 0 Å². The first-order valence-corrected chi connectivity index (χ1v) is 5.20. The molecule has 5 heteroatoms. The molecule has 0 spiro atoms. The van der Waals surface area contributed by atoms with Gasteiger partial charge in [-0.05, 0) is 24.6 Å². The summed E-state index contributed by atoms with van der Waals surface area (Å²) in [5.74, 6) is -1.53. The minimum absolute atomic E-state index is 0.0289. The van der Waals surface area contributed by atoms with Crippen molar-refractivity contribution in [3.63, 3.8) is 0 Å². The number of halogens is 2. The molecule has 0 fully saturated rings. The van der Waals surface area contributed by atoms with Gasteiger partial charge in [-0.2, -0.15) is 0 Å². The third kappa shape index (κ3) is 2.07. The van der Waals surface area contributed by atoms with Crippen molar-refractivity contribution in [2.24, 2.45) is 0 Å². The molecule has 0 amide bonds. The SMILES string of the molecule is Cc1cccc([N+](=O)[O-])c1-c1ccc(F)cc1F. The first kappa shape index (κ1) is 12.2. The van der Waals surface area contributed by atoms with E-state index >= 15 is 0 Å². The van der Waals surface area contributed by atoms with Crippen LogP contribution in [0.3, 0.4) is 0 Å². The van der Waals surface area contributed by atoms with E-state index in [1.807, 2.05) is 0 Å². The lowest BCUT2D eigenvalue weighted by Gasteiger charge is -2.08. The van der Waals surface area contributed by atoms with Crippen LogP contribution in [0.1, 0.15) is 5.56 Å². The summed E-state index contributed by atoms with van der Waals surface area (Å²) in [6.07, 6.45) is 0. The third-order valence-electron chi connectivity index (χ3n) is 2.65. The monoisotopic (exact) mass is 249 g/mol. The standard InChI is InChI=1S/C13H9F2NO2/c1-8-3-2-4-12(16(17)18)13(8)10-6-5-9(14)7-11(10)15/h2-7H,1H3. The van der Waals surface area contributed by atoms with Crippen LogP contribution < -0.4 is 0 Å². The predicted molar refractivity (Wildman–Crippen MR) is 63.2 cm³/mol. The summed E-state index contributed by atoms with van der Waals surface area (Å²) in [4.78, 5) is 10.4. The van der Waals surface area contributed by atoms with Gasteiger partial charge in [0.1, 0.15) is 11.6 Å². The first-order chi connectivity index (χ1) is 8.50. The molecule has 18 heavy (non-hydrogen) atoms. The van der Waals surface area contributed by atoms with Crippen molar-refractivity contribution in [2.75, 3.05) is 0 Å². The lowest BCUT2D eigenvalue weighted by Crippen LogP contribution is -1.96. The number of nitro groups is 1. The Labute approximate surface area is 102 Å². The van der Waals surface area contributed by atoms with Gasteiger partial charge in [0.05, 0.1) is 10.5 Å². The topological polar surface area (TPSA) is 43.1 Å². The average molecular weight is 249 g/mol. The van der Waals surface area contributed by atoms with Gasteiger partial charge in [-0.1, -0.05) is 12.1 Å². The van der Waals surface area contributed by atoms with E-state index in [0.29, 0.717) is 11.6 Å². The smallest absolute Gasteiger partial charge is 0.258 e. The van der Waals surface area contributed by atoms with E-state index in [0.717, 1.165) is 6.07 Å². The zero-order chi connectivity index (χ0) is 13.3. The van der Waals surface area contributed by atoms with Crippen molar-refractivity contribution < 1.29 is 13.7 Å². The summed E-state index contributed by atoms with van der Waals surface area (Å²) in [6.45, 7) is 1.64. The van der Waals surface area contributed by atoms with Crippen LogP contribution in [0.4, 0.5) is 14.5 Å². The van der Waals surface area contributed by atoms with E-state index in [2.05, 4.69) is 0 Å². The molecule has 2 aromatic rings. The summed E-state index contributed by atoms with van der Waals surface area (Å²) in [7, 11) is 0. The quantitative estimate of drug-likeness (QED) is 0.599. The maximum Gasteiger partial charge on any atom is 0.277 e. The number of hydrogen-bond donors (Lipinski definition) is 0. The molecule has 0 unspecified atom stereocenters. The minimum atomic E-state index is -0.813. The number of nitro benzene ring substituents is 1. The Bertz CT molecular complexity index is 626. The Balaban J connectivity index is 2.74. The molecule has 0 heterocycles. The molecule has 0 atom stereocenters. The molecular weight excluding hydrogens is 240 g/mol. The highest BCUT2D eigenvalue weighted by Crippen LogP contribution is 2.34. The first-order valence-electron chi connectivity index (χ1n) is 5.20. The van der Waals surface area contributed by atoms with E-state index < -0.39 is 16.6 Å². The summed E-state index contributed by atoms with van der Waals surface area (Å²) in [6, 6.07) is 7.47. The van der Waals surface area contributed by atoms with Crippen LogP contribution in [-0.4, -0.2) is 4.92 Å². The highest BCUT2D eigenvalue weighted by atomic mass is 19.1. The maximum atomic E-state index is 13.7. The second-order valence-corrected chi connectivity index (χ2v) is 3.85. The number of rotatable bonds is 2. The van der Waals surface area contributed by atoms with Crippen molar-refractivity contribution in [1.82, 2.24) is 0 Å². The summed E-state index contributed by atoms with van der Waals surface area (Å²) in [5, 5.41) is 10.9. The predicted octanol–water partition coefficient (Wildman–Crippen LogP) is 3.85. The molecule has 0 saturated heterocycles. The largest absolute Gasteiger partial charge is 0.277 e. The van der Waals surface area contributed by atoms with Crippen molar-refractivity contribution in [1.29, 1.82) is 0 Å². The van der Waals surface area contributed by atoms with Crippen LogP contribution in [0, 0.1) is 28.7 Å². The van der Waals surface area contributed by atoms with Gasteiger partial charge in [-0.25, -0.2) is 8.78 Å². The van der Waals surface area contributed by atoms with Gasteiger partial charge in [-0.3, -0.25) is 10.1 Å². The Hall–Kier alpha value is -2.30. The molecule has 0 aliphatic heterocycles. The molecule has 2 aromatic carbocycles. The number of nitrogens with zero attached hydrogens (tertiary/aromatic N) is 1. The Kier molecular flexibility index (Phi) is 3.06. The van der Waals surface area contributed by atoms with Gasteiger partial charge in [0, 0.05) is 17.7 Å². The second-order valence-electron chi connectivity index (χ2n) is 3.85. The average Bonchev–Trinajstić information content (AvgIpc) is 2.29. The molecule has 0 bridgehead atoms. The molecule has 0 saturated carbocycles. The van der Waals surface area contributed by atoms with Gasteiger partial charge < -0.3 is 0 Å². The molecule has 0 radical (unpaired) electrons. The molecule has 92 valence electrons. The van der Waals surface area contributed by atoms with Gasteiger partial charge in [0.25, 0.3) is 5.69 Å². The van der Waals surface area contributed by atoms with Crippen molar-refractivity contribution in [2.45, 2.75) is 6.92 Å². The van der Waals surface area contributed by atoms with Crippen LogP contribution in [-0.2, 0) is 0 Å². The van der Waals surface area contributed by atoms with Gasteiger partial charge in [0.15, 0.2) is 0 Å². The molecule has 0 aliphatic rings. The zero-order valence-corrected chi connectivity index (χ0v) is 9.48. The van der Waals surface area contributed by atoms with Crippen LogP contribution in [0.15, 0.2) is 36.4 Å². The van der Waals surface area contributed by atoms with E-state index in [9.17, 15) is 18.9 Å². The minimum Gasteiger partial charge on any atom is -0.258 e. The fourth-order valence-corrected chi connectivity index (χ4v) is 1.85. The van der Waals surface area contributed by atoms with E-state index in [-0.39, 0.29) is 16.8 Å². The Morgan fingerprint density at radius 2 is 1.89 bits per heavy atom. The van der Waals surface area contributed by atoms with E-state index in [1.165, 1.54) is 18.2 Å². The molecule has 2 rings (SSSR count). The van der Waals surface area contributed by atoms with Crippen LogP contribution in [0.2, 0.25) is 0 Å². The fourth-order valence-electron chi connectivity index (χ4n) is 1.85. The Morgan fingerprint density at radius 1 is 1.17 bits per heavy atom.